The Morgan fingerprint density at radius 2 is 1.97 bits per heavy atom. The van der Waals surface area contributed by atoms with E-state index in [0.717, 1.165) is 49.2 Å². The summed E-state index contributed by atoms with van der Waals surface area (Å²) < 4.78 is 38.1. The molecule has 0 spiro atoms. The predicted molar refractivity (Wildman–Crippen MR) is 121 cm³/mol. The van der Waals surface area contributed by atoms with Gasteiger partial charge in [-0.25, -0.2) is 4.98 Å². The van der Waals surface area contributed by atoms with Gasteiger partial charge in [-0.05, 0) is 67.6 Å². The van der Waals surface area contributed by atoms with Crippen molar-refractivity contribution in [3.05, 3.63) is 89.4 Å². The van der Waals surface area contributed by atoms with Gasteiger partial charge in [-0.3, -0.25) is 9.78 Å². The summed E-state index contributed by atoms with van der Waals surface area (Å²) in [5.74, 6) is 0.216. The number of alkyl halides is 3. The van der Waals surface area contributed by atoms with E-state index >= 15 is 0 Å². The molecule has 1 aliphatic rings. The number of benzene rings is 1. The van der Waals surface area contributed by atoms with Gasteiger partial charge in [0.05, 0.1) is 11.1 Å². The van der Waals surface area contributed by atoms with Crippen LogP contribution >= 0.6 is 0 Å². The van der Waals surface area contributed by atoms with Crippen LogP contribution in [0.1, 0.15) is 47.2 Å². The lowest BCUT2D eigenvalue weighted by molar-refractivity contribution is -0.137. The highest BCUT2D eigenvalue weighted by Crippen LogP contribution is 2.30. The fourth-order valence-corrected chi connectivity index (χ4v) is 3.84. The van der Waals surface area contributed by atoms with Crippen molar-refractivity contribution in [3.63, 3.8) is 0 Å². The lowest BCUT2D eigenvalue weighted by Gasteiger charge is -2.25. The summed E-state index contributed by atoms with van der Waals surface area (Å²) >= 11 is 0. The zero-order valence-corrected chi connectivity index (χ0v) is 17.8. The normalized spacial score (nSPS) is 17.5. The SMILES string of the molecule is O=C(NC1CCC/C(=C\c2cccc(Nc3ccc(C(F)(F)F)cn3)c2)C1)c1cccnc1. The maximum absolute atomic E-state index is 12.7. The van der Waals surface area contributed by atoms with E-state index in [1.54, 1.807) is 24.5 Å². The minimum atomic E-state index is -4.41. The molecular formula is C25H23F3N4O. The van der Waals surface area contributed by atoms with E-state index in [1.165, 1.54) is 11.6 Å². The Hall–Kier alpha value is -3.68. The number of halogens is 3. The standard InChI is InChI=1S/C25H23F3N4O/c26-25(27,28)20-9-10-23(30-16-20)31-21-7-1-4-17(13-21)12-18-5-2-8-22(14-18)32-24(33)19-6-3-11-29-15-19/h1,3-4,6-7,9-13,15-16,22H,2,5,8,14H2,(H,30,31)(H,32,33)/b18-12+. The molecule has 1 amide bonds. The van der Waals surface area contributed by atoms with Crippen LogP contribution in [-0.4, -0.2) is 21.9 Å². The molecule has 170 valence electrons. The fourth-order valence-electron chi connectivity index (χ4n) is 3.84. The van der Waals surface area contributed by atoms with Gasteiger partial charge in [0, 0.05) is 30.3 Å². The molecule has 1 aliphatic carbocycles. The second kappa shape index (κ2) is 9.85. The highest BCUT2D eigenvalue weighted by atomic mass is 19.4. The van der Waals surface area contributed by atoms with Crippen LogP contribution < -0.4 is 10.6 Å². The minimum Gasteiger partial charge on any atom is -0.349 e. The maximum Gasteiger partial charge on any atom is 0.417 e. The van der Waals surface area contributed by atoms with Crippen LogP contribution in [0.2, 0.25) is 0 Å². The quantitative estimate of drug-likeness (QED) is 0.499. The molecule has 0 radical (unpaired) electrons. The number of pyridine rings is 2. The molecule has 1 saturated carbocycles. The third-order valence-corrected chi connectivity index (χ3v) is 5.44. The Labute approximate surface area is 189 Å². The Balaban J connectivity index is 1.40. The zero-order valence-electron chi connectivity index (χ0n) is 17.8. The first kappa shape index (κ1) is 22.5. The second-order valence-corrected chi connectivity index (χ2v) is 7.99. The summed E-state index contributed by atoms with van der Waals surface area (Å²) in [7, 11) is 0. The highest BCUT2D eigenvalue weighted by molar-refractivity contribution is 5.94. The van der Waals surface area contributed by atoms with Gasteiger partial charge < -0.3 is 10.6 Å². The third kappa shape index (κ3) is 6.19. The molecule has 0 aliphatic heterocycles. The van der Waals surface area contributed by atoms with E-state index < -0.39 is 11.7 Å². The van der Waals surface area contributed by atoms with Crippen LogP contribution in [0.4, 0.5) is 24.7 Å². The molecule has 1 aromatic carbocycles. The van der Waals surface area contributed by atoms with Crippen molar-refractivity contribution >= 4 is 23.5 Å². The number of rotatable bonds is 5. The summed E-state index contributed by atoms with van der Waals surface area (Å²) in [5.41, 5.74) is 2.70. The first-order valence-electron chi connectivity index (χ1n) is 10.7. The average Bonchev–Trinajstić information content (AvgIpc) is 2.80. The number of hydrogen-bond acceptors (Lipinski definition) is 4. The van der Waals surface area contributed by atoms with Crippen molar-refractivity contribution in [1.29, 1.82) is 0 Å². The van der Waals surface area contributed by atoms with E-state index in [4.69, 9.17) is 0 Å². The number of aromatic nitrogens is 2. The summed E-state index contributed by atoms with van der Waals surface area (Å²) in [4.78, 5) is 20.3. The first-order chi connectivity index (χ1) is 15.9. The van der Waals surface area contributed by atoms with Crippen LogP contribution in [0.5, 0.6) is 0 Å². The molecule has 33 heavy (non-hydrogen) atoms. The fraction of sp³-hybridized carbons (Fsp3) is 0.240. The number of carbonyl (C=O) groups is 1. The lowest BCUT2D eigenvalue weighted by Crippen LogP contribution is -2.36. The summed E-state index contributed by atoms with van der Waals surface area (Å²) in [5, 5.41) is 6.13. The Kier molecular flexibility index (Phi) is 6.72. The van der Waals surface area contributed by atoms with E-state index in [1.807, 2.05) is 24.3 Å². The molecule has 2 N–H and O–H groups in total. The smallest absolute Gasteiger partial charge is 0.349 e. The molecule has 5 nitrogen and oxygen atoms in total. The summed E-state index contributed by atoms with van der Waals surface area (Å²) in [6.07, 6.45) is 5.33. The van der Waals surface area contributed by atoms with Crippen molar-refractivity contribution in [2.24, 2.45) is 0 Å². The van der Waals surface area contributed by atoms with Crippen LogP contribution in [0.15, 0.2) is 72.7 Å². The maximum atomic E-state index is 12.7. The average molecular weight is 452 g/mol. The van der Waals surface area contributed by atoms with Crippen molar-refractivity contribution in [2.45, 2.75) is 37.9 Å². The van der Waals surface area contributed by atoms with Gasteiger partial charge in [-0.2, -0.15) is 13.2 Å². The number of anilines is 2. The minimum absolute atomic E-state index is 0.0651. The van der Waals surface area contributed by atoms with Crippen LogP contribution in [0.25, 0.3) is 6.08 Å². The molecule has 2 aromatic heterocycles. The van der Waals surface area contributed by atoms with E-state index in [-0.39, 0.29) is 11.9 Å². The third-order valence-electron chi connectivity index (χ3n) is 5.44. The Bertz CT molecular complexity index is 1130. The Morgan fingerprint density at radius 3 is 2.70 bits per heavy atom. The monoisotopic (exact) mass is 452 g/mol. The topological polar surface area (TPSA) is 66.9 Å². The molecule has 0 saturated heterocycles. The molecule has 1 fully saturated rings. The van der Waals surface area contributed by atoms with Crippen molar-refractivity contribution < 1.29 is 18.0 Å². The van der Waals surface area contributed by atoms with E-state index in [2.05, 4.69) is 26.7 Å². The molecule has 8 heteroatoms. The van der Waals surface area contributed by atoms with Crippen molar-refractivity contribution in [3.8, 4) is 0 Å². The van der Waals surface area contributed by atoms with Crippen molar-refractivity contribution in [2.75, 3.05) is 5.32 Å². The van der Waals surface area contributed by atoms with Gasteiger partial charge in [0.15, 0.2) is 0 Å². The Morgan fingerprint density at radius 1 is 1.09 bits per heavy atom. The largest absolute Gasteiger partial charge is 0.417 e. The molecule has 3 aromatic rings. The molecule has 1 unspecified atom stereocenters. The van der Waals surface area contributed by atoms with E-state index in [0.29, 0.717) is 11.4 Å². The summed E-state index contributed by atoms with van der Waals surface area (Å²) in [6.45, 7) is 0. The molecule has 2 heterocycles. The number of nitrogens with one attached hydrogen (secondary N) is 2. The van der Waals surface area contributed by atoms with Crippen LogP contribution in [0, 0.1) is 0 Å². The summed E-state index contributed by atoms with van der Waals surface area (Å²) in [6, 6.07) is 13.5. The highest BCUT2D eigenvalue weighted by Gasteiger charge is 2.30. The molecule has 4 rings (SSSR count). The number of amides is 1. The molecule has 1 atom stereocenters. The van der Waals surface area contributed by atoms with Gasteiger partial charge in [0.2, 0.25) is 0 Å². The number of nitrogens with zero attached hydrogens (tertiary/aromatic N) is 2. The van der Waals surface area contributed by atoms with Gasteiger partial charge in [-0.15, -0.1) is 0 Å². The second-order valence-electron chi connectivity index (χ2n) is 7.99. The first-order valence-corrected chi connectivity index (χ1v) is 10.7. The van der Waals surface area contributed by atoms with Gasteiger partial charge >= 0.3 is 6.18 Å². The molecular weight excluding hydrogens is 429 g/mol. The van der Waals surface area contributed by atoms with Gasteiger partial charge in [0.1, 0.15) is 5.82 Å². The zero-order chi connectivity index (χ0) is 23.3. The van der Waals surface area contributed by atoms with Crippen molar-refractivity contribution in [1.82, 2.24) is 15.3 Å². The molecule has 0 bridgehead atoms. The van der Waals surface area contributed by atoms with Gasteiger partial charge in [-0.1, -0.05) is 23.8 Å². The van der Waals surface area contributed by atoms with Gasteiger partial charge in [0.25, 0.3) is 5.91 Å². The lowest BCUT2D eigenvalue weighted by atomic mass is 9.89. The van der Waals surface area contributed by atoms with Crippen LogP contribution in [0.3, 0.4) is 0 Å². The van der Waals surface area contributed by atoms with E-state index in [9.17, 15) is 18.0 Å². The number of hydrogen-bond donors (Lipinski definition) is 2. The number of carbonyl (C=O) groups excluding carboxylic acids is 1. The van der Waals surface area contributed by atoms with Crippen LogP contribution in [-0.2, 0) is 6.18 Å². The predicted octanol–water partition coefficient (Wildman–Crippen LogP) is 6.00.